The highest BCUT2D eigenvalue weighted by Gasteiger charge is 2.28. The lowest BCUT2D eigenvalue weighted by molar-refractivity contribution is 0.0904. The van der Waals surface area contributed by atoms with Crippen molar-refractivity contribution in [3.63, 3.8) is 0 Å². The van der Waals surface area contributed by atoms with Crippen LogP contribution in [0.4, 0.5) is 0 Å². The number of nitrogens with one attached hydrogen (secondary N) is 1. The second-order valence-electron chi connectivity index (χ2n) is 7.29. The fraction of sp³-hybridized carbons (Fsp3) is 0.650. The summed E-state index contributed by atoms with van der Waals surface area (Å²) in [6.45, 7) is 8.82. The van der Waals surface area contributed by atoms with Gasteiger partial charge in [-0.15, -0.1) is 24.0 Å². The van der Waals surface area contributed by atoms with Gasteiger partial charge in [-0.3, -0.25) is 0 Å². The van der Waals surface area contributed by atoms with Gasteiger partial charge >= 0.3 is 0 Å². The average molecular weight is 570 g/mol. The van der Waals surface area contributed by atoms with E-state index in [0.29, 0.717) is 50.0 Å². The number of rotatable bonds is 9. The molecule has 0 spiro atoms. The van der Waals surface area contributed by atoms with Gasteiger partial charge in [-0.1, -0.05) is 0 Å². The normalized spacial score (nSPS) is 15.6. The monoisotopic (exact) mass is 570 g/mol. The molecule has 0 saturated carbocycles. The molecule has 0 unspecified atom stereocenters. The zero-order valence-electron chi connectivity index (χ0n) is 18.7. The van der Waals surface area contributed by atoms with Crippen LogP contribution in [0.2, 0.25) is 0 Å². The van der Waals surface area contributed by atoms with Crippen LogP contribution in [0.5, 0.6) is 11.5 Å². The Morgan fingerprint density at radius 3 is 2.52 bits per heavy atom. The fourth-order valence-electron chi connectivity index (χ4n) is 3.10. The summed E-state index contributed by atoms with van der Waals surface area (Å²) in [5.74, 6) is 1.51. The standard InChI is InChI=1S/C20H34N4O5S.HI/c1-5-21-20(22-15-17-14-18(28-4)6-7-19(17)25)23-8-10-24(11-9-23)30(26,27)13-12-29-16(2)3;/h6-7,14,16,25H,5,8-13,15H2,1-4H3,(H,21,22);1H. The van der Waals surface area contributed by atoms with Crippen LogP contribution in [-0.4, -0.2) is 87.0 Å². The summed E-state index contributed by atoms with van der Waals surface area (Å²) >= 11 is 0. The van der Waals surface area contributed by atoms with Crippen LogP contribution in [0, 0.1) is 0 Å². The number of guanidine groups is 1. The minimum Gasteiger partial charge on any atom is -0.508 e. The van der Waals surface area contributed by atoms with Crippen LogP contribution in [0.25, 0.3) is 0 Å². The van der Waals surface area contributed by atoms with E-state index in [-0.39, 0.29) is 54.7 Å². The summed E-state index contributed by atoms with van der Waals surface area (Å²) in [5, 5.41) is 13.3. The van der Waals surface area contributed by atoms with Crippen LogP contribution in [0.1, 0.15) is 26.3 Å². The number of ether oxygens (including phenoxy) is 2. The van der Waals surface area contributed by atoms with Gasteiger partial charge in [0.1, 0.15) is 11.5 Å². The Morgan fingerprint density at radius 2 is 1.94 bits per heavy atom. The quantitative estimate of drug-likeness (QED) is 0.266. The van der Waals surface area contributed by atoms with Crippen molar-refractivity contribution < 1.29 is 23.0 Å². The summed E-state index contributed by atoms with van der Waals surface area (Å²) in [7, 11) is -1.76. The Hall–Kier alpha value is -1.31. The summed E-state index contributed by atoms with van der Waals surface area (Å²) in [6.07, 6.45) is 0.0138. The first kappa shape index (κ1) is 27.7. The Labute approximate surface area is 202 Å². The number of phenolic OH excluding ortho intramolecular Hbond substituents is 1. The van der Waals surface area contributed by atoms with E-state index >= 15 is 0 Å². The van der Waals surface area contributed by atoms with Crippen molar-refractivity contribution in [1.82, 2.24) is 14.5 Å². The Balaban J connectivity index is 0.00000480. The van der Waals surface area contributed by atoms with E-state index < -0.39 is 10.0 Å². The number of hydrogen-bond donors (Lipinski definition) is 2. The molecular formula is C20H35IN4O5S. The van der Waals surface area contributed by atoms with Gasteiger partial charge in [0.15, 0.2) is 5.96 Å². The molecule has 9 nitrogen and oxygen atoms in total. The third kappa shape index (κ3) is 8.62. The third-order valence-electron chi connectivity index (χ3n) is 4.74. The maximum Gasteiger partial charge on any atom is 0.216 e. The lowest BCUT2D eigenvalue weighted by Crippen LogP contribution is -2.54. The predicted octanol–water partition coefficient (Wildman–Crippen LogP) is 1.86. The first-order valence-corrected chi connectivity index (χ1v) is 11.9. The van der Waals surface area contributed by atoms with Gasteiger partial charge in [-0.05, 0) is 39.0 Å². The fourth-order valence-corrected chi connectivity index (χ4v) is 4.38. The van der Waals surface area contributed by atoms with Crippen molar-refractivity contribution in [1.29, 1.82) is 0 Å². The lowest BCUT2D eigenvalue weighted by atomic mass is 10.2. The van der Waals surface area contributed by atoms with Gasteiger partial charge in [-0.25, -0.2) is 13.4 Å². The summed E-state index contributed by atoms with van der Waals surface area (Å²) in [5.41, 5.74) is 0.663. The van der Waals surface area contributed by atoms with Gasteiger partial charge in [-0.2, -0.15) is 4.31 Å². The van der Waals surface area contributed by atoms with E-state index in [1.54, 1.807) is 25.3 Å². The minimum atomic E-state index is -3.33. The van der Waals surface area contributed by atoms with Crippen molar-refractivity contribution in [2.24, 2.45) is 4.99 Å². The molecule has 1 aliphatic heterocycles. The van der Waals surface area contributed by atoms with Gasteiger partial charge < -0.3 is 24.8 Å². The van der Waals surface area contributed by atoms with Gasteiger partial charge in [0.25, 0.3) is 0 Å². The number of piperazine rings is 1. The molecule has 0 radical (unpaired) electrons. The summed E-state index contributed by atoms with van der Waals surface area (Å²) in [6, 6.07) is 5.04. The van der Waals surface area contributed by atoms with Crippen molar-refractivity contribution in [2.75, 3.05) is 52.2 Å². The number of hydrogen-bond acceptors (Lipinski definition) is 6. The minimum absolute atomic E-state index is 0. The highest BCUT2D eigenvalue weighted by Crippen LogP contribution is 2.23. The first-order chi connectivity index (χ1) is 14.3. The van der Waals surface area contributed by atoms with Crippen LogP contribution in [0.3, 0.4) is 0 Å². The molecule has 1 heterocycles. The molecule has 11 heteroatoms. The zero-order chi connectivity index (χ0) is 22.1. The molecule has 2 N–H and O–H groups in total. The summed E-state index contributed by atoms with van der Waals surface area (Å²) < 4.78 is 37.2. The third-order valence-corrected chi connectivity index (χ3v) is 6.58. The van der Waals surface area contributed by atoms with Crippen molar-refractivity contribution in [3.05, 3.63) is 23.8 Å². The Morgan fingerprint density at radius 1 is 1.26 bits per heavy atom. The molecule has 1 aliphatic rings. The predicted molar refractivity (Wildman–Crippen MR) is 133 cm³/mol. The van der Waals surface area contributed by atoms with E-state index in [2.05, 4.69) is 10.3 Å². The number of phenols is 1. The molecule has 0 bridgehead atoms. The van der Waals surface area contributed by atoms with Gasteiger partial charge in [0, 0.05) is 38.3 Å². The van der Waals surface area contributed by atoms with E-state index in [0.717, 1.165) is 0 Å². The molecule has 1 saturated heterocycles. The molecule has 178 valence electrons. The lowest BCUT2D eigenvalue weighted by Gasteiger charge is -2.36. The molecule has 31 heavy (non-hydrogen) atoms. The highest BCUT2D eigenvalue weighted by molar-refractivity contribution is 14.0. The highest BCUT2D eigenvalue weighted by atomic mass is 127. The zero-order valence-corrected chi connectivity index (χ0v) is 21.9. The average Bonchev–Trinajstić information content (AvgIpc) is 2.72. The van der Waals surface area contributed by atoms with Crippen molar-refractivity contribution in [3.8, 4) is 11.5 Å². The van der Waals surface area contributed by atoms with Crippen LogP contribution in [0.15, 0.2) is 23.2 Å². The number of aromatic hydroxyl groups is 1. The molecule has 1 aromatic rings. The number of methoxy groups -OCH3 is 1. The SMILES string of the molecule is CCNC(=NCc1cc(OC)ccc1O)N1CCN(S(=O)(=O)CCOC(C)C)CC1.I. The molecule has 0 amide bonds. The second kappa shape index (κ2) is 13.3. The number of benzene rings is 1. The molecule has 1 aromatic carbocycles. The molecule has 0 atom stereocenters. The Bertz CT molecular complexity index is 812. The number of sulfonamides is 1. The van der Waals surface area contributed by atoms with E-state index in [9.17, 15) is 13.5 Å². The smallest absolute Gasteiger partial charge is 0.216 e. The Kier molecular flexibility index (Phi) is 11.9. The number of nitrogens with zero attached hydrogens (tertiary/aromatic N) is 3. The summed E-state index contributed by atoms with van der Waals surface area (Å²) in [4.78, 5) is 6.67. The molecule has 1 fully saturated rings. The maximum atomic E-state index is 12.5. The number of halogens is 1. The van der Waals surface area contributed by atoms with Gasteiger partial charge in [0.2, 0.25) is 10.0 Å². The van der Waals surface area contributed by atoms with Crippen molar-refractivity contribution >= 4 is 40.0 Å². The topological polar surface area (TPSA) is 104 Å². The van der Waals surface area contributed by atoms with Crippen LogP contribution in [-0.2, 0) is 21.3 Å². The first-order valence-electron chi connectivity index (χ1n) is 10.3. The van der Waals surface area contributed by atoms with E-state index in [1.807, 2.05) is 25.7 Å². The van der Waals surface area contributed by atoms with Gasteiger partial charge in [0.05, 0.1) is 32.1 Å². The van der Waals surface area contributed by atoms with Crippen LogP contribution >= 0.6 is 24.0 Å². The van der Waals surface area contributed by atoms with Crippen LogP contribution < -0.4 is 10.1 Å². The molecular weight excluding hydrogens is 535 g/mol. The number of aliphatic imine (C=N–C) groups is 1. The molecule has 0 aromatic heterocycles. The second-order valence-corrected chi connectivity index (χ2v) is 9.37. The maximum absolute atomic E-state index is 12.5. The largest absolute Gasteiger partial charge is 0.508 e. The van der Waals surface area contributed by atoms with E-state index in [1.165, 1.54) is 4.31 Å². The molecule has 0 aliphatic carbocycles. The van der Waals surface area contributed by atoms with E-state index in [4.69, 9.17) is 9.47 Å². The molecule has 2 rings (SSSR count). The van der Waals surface area contributed by atoms with Crippen molar-refractivity contribution in [2.45, 2.75) is 33.4 Å².